The van der Waals surface area contributed by atoms with Gasteiger partial charge in [0.25, 0.3) is 11.4 Å². The van der Waals surface area contributed by atoms with Gasteiger partial charge in [-0.15, -0.1) is 11.8 Å². The number of hydrogen-bond acceptors (Lipinski definition) is 6. The number of nitro benzene ring substituents is 2. The number of nitro groups is 2. The van der Waals surface area contributed by atoms with E-state index in [9.17, 15) is 25.0 Å². The van der Waals surface area contributed by atoms with Gasteiger partial charge in [-0.05, 0) is 11.6 Å². The predicted molar refractivity (Wildman–Crippen MR) is 82.7 cm³/mol. The Morgan fingerprint density at radius 3 is 2.30 bits per heavy atom. The standard InChI is InChI=1S/C14H10N2O6S/c17-14(18)12-5-4-11(16(21)22)7-13(12)23-8-9-2-1-3-10(6-9)15(19)20/h1-7H,8H2,(H,17,18). The van der Waals surface area contributed by atoms with Crippen molar-refractivity contribution in [1.29, 1.82) is 0 Å². The van der Waals surface area contributed by atoms with E-state index >= 15 is 0 Å². The van der Waals surface area contributed by atoms with Gasteiger partial charge in [-0.2, -0.15) is 0 Å². The normalized spacial score (nSPS) is 10.3. The Hall–Kier alpha value is -2.94. The van der Waals surface area contributed by atoms with Gasteiger partial charge in [0.1, 0.15) is 0 Å². The molecule has 0 aliphatic carbocycles. The van der Waals surface area contributed by atoms with Gasteiger partial charge in [0, 0.05) is 34.9 Å². The highest BCUT2D eigenvalue weighted by Gasteiger charge is 2.16. The first-order chi connectivity index (χ1) is 10.9. The Bertz CT molecular complexity index is 793. The molecule has 0 fully saturated rings. The average Bonchev–Trinajstić information content (AvgIpc) is 2.52. The van der Waals surface area contributed by atoms with E-state index in [2.05, 4.69) is 0 Å². The van der Waals surface area contributed by atoms with Gasteiger partial charge in [-0.1, -0.05) is 12.1 Å². The third-order valence-electron chi connectivity index (χ3n) is 2.92. The second-order valence-electron chi connectivity index (χ2n) is 4.46. The lowest BCUT2D eigenvalue weighted by molar-refractivity contribution is -0.385. The van der Waals surface area contributed by atoms with Crippen LogP contribution in [0.3, 0.4) is 0 Å². The predicted octanol–water partition coefficient (Wildman–Crippen LogP) is 3.49. The summed E-state index contributed by atoms with van der Waals surface area (Å²) < 4.78 is 0. The molecule has 0 spiro atoms. The molecule has 0 aliphatic rings. The SMILES string of the molecule is O=C(O)c1ccc([N+](=O)[O-])cc1SCc1cccc([N+](=O)[O-])c1. The lowest BCUT2D eigenvalue weighted by Gasteiger charge is -2.06. The third-order valence-corrected chi connectivity index (χ3v) is 4.05. The average molecular weight is 334 g/mol. The maximum Gasteiger partial charge on any atom is 0.336 e. The first-order valence-corrected chi connectivity index (χ1v) is 7.25. The van der Waals surface area contributed by atoms with Crippen molar-refractivity contribution in [2.24, 2.45) is 0 Å². The number of carboxylic acid groups (broad SMARTS) is 1. The van der Waals surface area contributed by atoms with Crippen molar-refractivity contribution in [3.63, 3.8) is 0 Å². The molecule has 1 N–H and O–H groups in total. The van der Waals surface area contributed by atoms with Crippen molar-refractivity contribution in [3.05, 3.63) is 73.8 Å². The zero-order valence-corrected chi connectivity index (χ0v) is 12.4. The van der Waals surface area contributed by atoms with Gasteiger partial charge >= 0.3 is 5.97 Å². The summed E-state index contributed by atoms with van der Waals surface area (Å²) >= 11 is 1.07. The molecule has 0 radical (unpaired) electrons. The number of benzene rings is 2. The minimum atomic E-state index is -1.19. The molecule has 9 heteroatoms. The second-order valence-corrected chi connectivity index (χ2v) is 5.48. The number of thioether (sulfide) groups is 1. The van der Waals surface area contributed by atoms with Crippen molar-refractivity contribution in [2.75, 3.05) is 0 Å². The van der Waals surface area contributed by atoms with Crippen molar-refractivity contribution in [3.8, 4) is 0 Å². The molecule has 23 heavy (non-hydrogen) atoms. The van der Waals surface area contributed by atoms with Crippen molar-refractivity contribution < 1.29 is 19.7 Å². The topological polar surface area (TPSA) is 124 Å². The van der Waals surface area contributed by atoms with Crippen LogP contribution in [0.25, 0.3) is 0 Å². The van der Waals surface area contributed by atoms with Crippen LogP contribution in [0.15, 0.2) is 47.4 Å². The molecule has 0 aromatic heterocycles. The maximum absolute atomic E-state index is 11.2. The molecule has 118 valence electrons. The van der Waals surface area contributed by atoms with E-state index in [4.69, 9.17) is 5.11 Å². The number of rotatable bonds is 6. The fourth-order valence-electron chi connectivity index (χ4n) is 1.84. The van der Waals surface area contributed by atoms with Crippen molar-refractivity contribution >= 4 is 29.1 Å². The molecule has 0 saturated heterocycles. The molecule has 0 unspecified atom stereocenters. The number of carboxylic acids is 1. The molecule has 0 amide bonds. The van der Waals surface area contributed by atoms with Crippen LogP contribution in [0.1, 0.15) is 15.9 Å². The minimum absolute atomic E-state index is 0.0500. The van der Waals surface area contributed by atoms with Crippen LogP contribution in [0.4, 0.5) is 11.4 Å². The van der Waals surface area contributed by atoms with Crippen LogP contribution in [-0.2, 0) is 5.75 Å². The van der Waals surface area contributed by atoms with Crippen LogP contribution >= 0.6 is 11.8 Å². The highest BCUT2D eigenvalue weighted by molar-refractivity contribution is 7.98. The van der Waals surface area contributed by atoms with E-state index in [0.29, 0.717) is 5.56 Å². The lowest BCUT2D eigenvalue weighted by atomic mass is 10.2. The Kier molecular flexibility index (Phi) is 4.91. The van der Waals surface area contributed by atoms with Gasteiger partial charge in [0.2, 0.25) is 0 Å². The van der Waals surface area contributed by atoms with Crippen molar-refractivity contribution in [1.82, 2.24) is 0 Å². The van der Waals surface area contributed by atoms with E-state index in [1.54, 1.807) is 6.07 Å². The first-order valence-electron chi connectivity index (χ1n) is 6.26. The Morgan fingerprint density at radius 2 is 1.70 bits per heavy atom. The number of nitrogens with zero attached hydrogens (tertiary/aromatic N) is 2. The van der Waals surface area contributed by atoms with E-state index in [-0.39, 0.29) is 27.6 Å². The summed E-state index contributed by atoms with van der Waals surface area (Å²) in [6.45, 7) is 0. The highest BCUT2D eigenvalue weighted by atomic mass is 32.2. The number of aromatic carboxylic acids is 1. The summed E-state index contributed by atoms with van der Waals surface area (Å²) in [5.74, 6) is -0.940. The Balaban J connectivity index is 2.26. The fourth-order valence-corrected chi connectivity index (χ4v) is 2.86. The van der Waals surface area contributed by atoms with Gasteiger partial charge < -0.3 is 5.11 Å². The monoisotopic (exact) mass is 334 g/mol. The molecule has 8 nitrogen and oxygen atoms in total. The molecule has 0 aliphatic heterocycles. The first kappa shape index (κ1) is 16.4. The van der Waals surface area contributed by atoms with Gasteiger partial charge in [0.15, 0.2) is 0 Å². The fraction of sp³-hybridized carbons (Fsp3) is 0.0714. The zero-order chi connectivity index (χ0) is 17.0. The number of carbonyl (C=O) groups is 1. The molecule has 0 bridgehead atoms. The van der Waals surface area contributed by atoms with Gasteiger partial charge in [0.05, 0.1) is 15.4 Å². The van der Waals surface area contributed by atoms with Gasteiger partial charge in [-0.25, -0.2) is 4.79 Å². The van der Waals surface area contributed by atoms with E-state index in [0.717, 1.165) is 17.8 Å². The number of hydrogen-bond donors (Lipinski definition) is 1. The Morgan fingerprint density at radius 1 is 1.04 bits per heavy atom. The summed E-state index contributed by atoms with van der Waals surface area (Å²) in [6.07, 6.45) is 0. The van der Waals surface area contributed by atoms with E-state index in [1.807, 2.05) is 0 Å². The summed E-state index contributed by atoms with van der Waals surface area (Å²) in [4.78, 5) is 31.8. The summed E-state index contributed by atoms with van der Waals surface area (Å²) in [7, 11) is 0. The van der Waals surface area contributed by atoms with Gasteiger partial charge in [-0.3, -0.25) is 20.2 Å². The van der Waals surface area contributed by atoms with E-state index < -0.39 is 15.8 Å². The number of non-ortho nitro benzene ring substituents is 2. The maximum atomic E-state index is 11.2. The highest BCUT2D eigenvalue weighted by Crippen LogP contribution is 2.30. The molecule has 2 aromatic rings. The largest absolute Gasteiger partial charge is 0.478 e. The van der Waals surface area contributed by atoms with Crippen LogP contribution < -0.4 is 0 Å². The lowest BCUT2D eigenvalue weighted by Crippen LogP contribution is -2.00. The van der Waals surface area contributed by atoms with Crippen LogP contribution in [-0.4, -0.2) is 20.9 Å². The van der Waals surface area contributed by atoms with Crippen molar-refractivity contribution in [2.45, 2.75) is 10.6 Å². The van der Waals surface area contributed by atoms with Crippen LogP contribution in [0.2, 0.25) is 0 Å². The smallest absolute Gasteiger partial charge is 0.336 e. The van der Waals surface area contributed by atoms with Crippen LogP contribution in [0.5, 0.6) is 0 Å². The van der Waals surface area contributed by atoms with E-state index in [1.165, 1.54) is 30.3 Å². The molecular weight excluding hydrogens is 324 g/mol. The minimum Gasteiger partial charge on any atom is -0.478 e. The molecule has 2 aromatic carbocycles. The summed E-state index contributed by atoms with van der Waals surface area (Å²) in [6, 6.07) is 9.41. The summed E-state index contributed by atoms with van der Waals surface area (Å²) in [5.41, 5.74) is 0.287. The molecule has 0 atom stereocenters. The second kappa shape index (κ2) is 6.88. The quantitative estimate of drug-likeness (QED) is 0.487. The Labute approximate surface area is 134 Å². The third kappa shape index (κ3) is 4.04. The molecule has 2 rings (SSSR count). The van der Waals surface area contributed by atoms with Crippen LogP contribution in [0, 0.1) is 20.2 Å². The summed E-state index contributed by atoms with van der Waals surface area (Å²) in [5, 5.41) is 30.7. The molecule has 0 heterocycles. The molecular formula is C14H10N2O6S. The molecule has 0 saturated carbocycles. The zero-order valence-electron chi connectivity index (χ0n) is 11.5.